The molecule has 2 aromatic rings. The molecule has 166 valence electrons. The number of carboxylic acids is 1. The second-order valence-corrected chi connectivity index (χ2v) is 9.04. The van der Waals surface area contributed by atoms with Crippen LogP contribution in [0.4, 0.5) is 5.95 Å². The number of aromatic carboxylic acids is 1. The molecule has 0 amide bonds. The fourth-order valence-corrected chi connectivity index (χ4v) is 4.86. The van der Waals surface area contributed by atoms with Gasteiger partial charge >= 0.3 is 5.97 Å². The zero-order valence-corrected chi connectivity index (χ0v) is 18.7. The van der Waals surface area contributed by atoms with Crippen molar-refractivity contribution < 1.29 is 14.6 Å². The number of ether oxygens (including phenoxy) is 1. The number of aryl methyl sites for hydroxylation is 2. The zero-order chi connectivity index (χ0) is 24.0. The Morgan fingerprint density at radius 1 is 1.24 bits per heavy atom. The topological polar surface area (TPSA) is 132 Å². The Morgan fingerprint density at radius 3 is 2.39 bits per heavy atom. The molecule has 0 aliphatic heterocycles. The van der Waals surface area contributed by atoms with Gasteiger partial charge in [0, 0.05) is 11.6 Å². The molecule has 0 atom stereocenters. The number of nitriles is 2. The van der Waals surface area contributed by atoms with E-state index in [-0.39, 0.29) is 34.0 Å². The first-order valence-corrected chi connectivity index (χ1v) is 10.5. The highest BCUT2D eigenvalue weighted by Crippen LogP contribution is 2.67. The lowest BCUT2D eigenvalue weighted by molar-refractivity contribution is -0.0665. The van der Waals surface area contributed by atoms with Gasteiger partial charge < -0.3 is 15.2 Å². The van der Waals surface area contributed by atoms with Crippen molar-refractivity contribution in [3.05, 3.63) is 52.7 Å². The van der Waals surface area contributed by atoms with Crippen LogP contribution in [0.15, 0.2) is 24.8 Å². The van der Waals surface area contributed by atoms with Gasteiger partial charge in [0.1, 0.15) is 5.75 Å². The number of rotatable bonds is 7. The van der Waals surface area contributed by atoms with E-state index in [0.717, 1.165) is 16.7 Å². The lowest BCUT2D eigenvalue weighted by Crippen LogP contribution is -2.70. The van der Waals surface area contributed by atoms with E-state index in [1.165, 1.54) is 6.08 Å². The first-order chi connectivity index (χ1) is 15.6. The van der Waals surface area contributed by atoms with Crippen LogP contribution >= 0.6 is 0 Å². The predicted molar refractivity (Wildman–Crippen MR) is 123 cm³/mol. The molecule has 0 saturated heterocycles. The lowest BCUT2D eigenvalue weighted by atomic mass is 9.40. The summed E-state index contributed by atoms with van der Waals surface area (Å²) in [6, 6.07) is 8.07. The third kappa shape index (κ3) is 3.81. The van der Waals surface area contributed by atoms with Gasteiger partial charge in [-0.15, -0.1) is 0 Å². The molecule has 3 aliphatic carbocycles. The molecule has 3 aliphatic rings. The highest BCUT2D eigenvalue weighted by Gasteiger charge is 2.69. The Balaban J connectivity index is 1.74. The smallest absolute Gasteiger partial charge is 0.355 e. The molecule has 8 nitrogen and oxygen atoms in total. The van der Waals surface area contributed by atoms with Crippen LogP contribution in [0.5, 0.6) is 11.6 Å². The van der Waals surface area contributed by atoms with Crippen molar-refractivity contribution in [2.75, 3.05) is 5.32 Å². The number of anilines is 1. The molecule has 5 rings (SSSR count). The van der Waals surface area contributed by atoms with Crippen molar-refractivity contribution in [2.45, 2.75) is 45.6 Å². The largest absolute Gasteiger partial charge is 0.476 e. The van der Waals surface area contributed by atoms with Gasteiger partial charge in [-0.25, -0.2) is 9.78 Å². The first kappa shape index (κ1) is 22.0. The molecular formula is C25H23N5O3. The maximum absolute atomic E-state index is 12.0. The molecule has 33 heavy (non-hydrogen) atoms. The molecule has 1 aromatic carbocycles. The van der Waals surface area contributed by atoms with E-state index in [0.29, 0.717) is 30.6 Å². The Bertz CT molecular complexity index is 1270. The summed E-state index contributed by atoms with van der Waals surface area (Å²) >= 11 is 0. The quantitative estimate of drug-likeness (QED) is 0.573. The van der Waals surface area contributed by atoms with E-state index < -0.39 is 5.97 Å². The van der Waals surface area contributed by atoms with Gasteiger partial charge in [-0.3, -0.25) is 0 Å². The van der Waals surface area contributed by atoms with Crippen LogP contribution < -0.4 is 10.1 Å². The van der Waals surface area contributed by atoms with Crippen LogP contribution in [0.3, 0.4) is 0 Å². The van der Waals surface area contributed by atoms with Gasteiger partial charge in [-0.1, -0.05) is 6.58 Å². The first-order valence-electron chi connectivity index (χ1n) is 10.5. The monoisotopic (exact) mass is 441 g/mol. The summed E-state index contributed by atoms with van der Waals surface area (Å²) in [6.45, 7) is 9.32. The molecule has 0 radical (unpaired) electrons. The van der Waals surface area contributed by atoms with Crippen molar-refractivity contribution in [3.8, 4) is 23.8 Å². The average molecular weight is 441 g/mol. The van der Waals surface area contributed by atoms with Gasteiger partial charge in [-0.05, 0) is 80.5 Å². The Kier molecular flexibility index (Phi) is 5.18. The minimum Gasteiger partial charge on any atom is -0.476 e. The van der Waals surface area contributed by atoms with Gasteiger partial charge in [0.2, 0.25) is 11.8 Å². The molecule has 0 spiro atoms. The molecule has 3 saturated carbocycles. The van der Waals surface area contributed by atoms with E-state index in [1.54, 1.807) is 13.0 Å². The number of hydrogen-bond acceptors (Lipinski definition) is 7. The summed E-state index contributed by atoms with van der Waals surface area (Å²) in [5, 5.41) is 31.1. The van der Waals surface area contributed by atoms with Crippen molar-refractivity contribution in [1.29, 1.82) is 10.5 Å². The van der Waals surface area contributed by atoms with Crippen LogP contribution in [0.2, 0.25) is 0 Å². The van der Waals surface area contributed by atoms with E-state index in [2.05, 4.69) is 27.9 Å². The van der Waals surface area contributed by atoms with E-state index in [9.17, 15) is 15.2 Å². The highest BCUT2D eigenvalue weighted by molar-refractivity contribution is 5.93. The molecule has 0 unspecified atom stereocenters. The molecular weight excluding hydrogens is 418 g/mol. The van der Waals surface area contributed by atoms with E-state index in [4.69, 9.17) is 10.00 Å². The van der Waals surface area contributed by atoms with Crippen LogP contribution in [-0.4, -0.2) is 26.6 Å². The molecule has 2 N–H and O–H groups in total. The normalized spacial score (nSPS) is 22.5. The van der Waals surface area contributed by atoms with Crippen LogP contribution in [0.1, 0.15) is 58.9 Å². The molecule has 8 heteroatoms. The van der Waals surface area contributed by atoms with E-state index in [1.807, 2.05) is 32.0 Å². The second kappa shape index (κ2) is 7.75. The lowest BCUT2D eigenvalue weighted by Gasteiger charge is -2.66. The van der Waals surface area contributed by atoms with Crippen molar-refractivity contribution in [2.24, 2.45) is 5.41 Å². The highest BCUT2D eigenvalue weighted by atomic mass is 16.5. The second-order valence-electron chi connectivity index (χ2n) is 9.04. The summed E-state index contributed by atoms with van der Waals surface area (Å²) in [5.74, 6) is -0.408. The minimum absolute atomic E-state index is 0.102. The average Bonchev–Trinajstić information content (AvgIpc) is 2.69. The number of carboxylic acid groups (broad SMARTS) is 1. The number of nitrogens with one attached hydrogen (secondary N) is 1. The summed E-state index contributed by atoms with van der Waals surface area (Å²) in [6.07, 6.45) is 5.18. The zero-order valence-electron chi connectivity index (χ0n) is 18.7. The molecule has 1 heterocycles. The minimum atomic E-state index is -1.21. The fourth-order valence-electron chi connectivity index (χ4n) is 4.86. The summed E-state index contributed by atoms with van der Waals surface area (Å²) in [7, 11) is 0. The van der Waals surface area contributed by atoms with E-state index >= 15 is 0 Å². The summed E-state index contributed by atoms with van der Waals surface area (Å²) in [5.41, 5.74) is 2.43. The third-order valence-electron chi connectivity index (χ3n) is 6.18. The number of allylic oxidation sites excluding steroid dienone is 2. The van der Waals surface area contributed by atoms with Gasteiger partial charge in [0.15, 0.2) is 5.69 Å². The number of benzene rings is 1. The fraction of sp³-hybridized carbons (Fsp3) is 0.320. The maximum Gasteiger partial charge on any atom is 0.355 e. The van der Waals surface area contributed by atoms with Crippen molar-refractivity contribution >= 4 is 23.6 Å². The number of aromatic nitrogens is 2. The maximum atomic E-state index is 12.0. The van der Waals surface area contributed by atoms with Crippen molar-refractivity contribution in [3.63, 3.8) is 0 Å². The number of hydrogen-bond donors (Lipinski definition) is 2. The Morgan fingerprint density at radius 2 is 1.88 bits per heavy atom. The van der Waals surface area contributed by atoms with Gasteiger partial charge in [0.25, 0.3) is 0 Å². The summed E-state index contributed by atoms with van der Waals surface area (Å²) < 4.78 is 6.19. The number of nitrogens with zero attached hydrogens (tertiary/aromatic N) is 4. The van der Waals surface area contributed by atoms with Crippen molar-refractivity contribution in [1.82, 2.24) is 9.97 Å². The van der Waals surface area contributed by atoms with Gasteiger partial charge in [-0.2, -0.15) is 15.5 Å². The molecule has 2 bridgehead atoms. The molecule has 3 fully saturated rings. The SMILES string of the molecule is C=C(C)c1c(Oc2c(C)cc(/C=C/C#N)cc2C)nc(NC23CC(C#N)(C2)C3)nc1C(=O)O. The standard InChI is InChI=1S/C25H23N5O3/c1-14(2)18-19(22(31)32)28-23(30-25-10-24(11-25,12-25)13-27)29-21(18)33-20-15(3)8-17(6-5-7-26)9-16(20)4/h5-6,8-9H,1,10-12H2,2-4H3,(H,31,32)(H,28,29,30)/b6-5+. The Labute approximate surface area is 191 Å². The number of carbonyl (C=O) groups is 1. The Hall–Kier alpha value is -4.17. The third-order valence-corrected chi connectivity index (χ3v) is 6.18. The molecule has 1 aromatic heterocycles. The van der Waals surface area contributed by atoms with Gasteiger partial charge in [0.05, 0.1) is 23.1 Å². The van der Waals surface area contributed by atoms with Crippen LogP contribution in [0, 0.1) is 41.9 Å². The summed E-state index contributed by atoms with van der Waals surface area (Å²) in [4.78, 5) is 20.8. The van der Waals surface area contributed by atoms with Crippen LogP contribution in [-0.2, 0) is 0 Å². The predicted octanol–water partition coefficient (Wildman–Crippen LogP) is 5.01. The van der Waals surface area contributed by atoms with Crippen LogP contribution in [0.25, 0.3) is 11.6 Å².